The highest BCUT2D eigenvalue weighted by atomic mass is 16.6. The molecule has 8 nitrogen and oxygen atoms in total. The van der Waals surface area contributed by atoms with Crippen molar-refractivity contribution >= 4 is 18.0 Å². The fourth-order valence-corrected chi connectivity index (χ4v) is 1.55. The summed E-state index contributed by atoms with van der Waals surface area (Å²) in [7, 11) is 1.15. The molecule has 0 rings (SSSR count). The van der Waals surface area contributed by atoms with Crippen molar-refractivity contribution in [2.24, 2.45) is 5.92 Å². The molecular weight excluding hydrogens is 292 g/mol. The Kier molecular flexibility index (Phi) is 7.86. The molecule has 0 aromatic carbocycles. The zero-order chi connectivity index (χ0) is 17.5. The highest BCUT2D eigenvalue weighted by Gasteiger charge is 2.30. The van der Waals surface area contributed by atoms with Crippen LogP contribution in [0.15, 0.2) is 0 Å². The van der Waals surface area contributed by atoms with Crippen LogP contribution in [0.2, 0.25) is 0 Å². The van der Waals surface area contributed by atoms with Crippen LogP contribution in [-0.2, 0) is 19.1 Å². The third kappa shape index (κ3) is 7.26. The lowest BCUT2D eigenvalue weighted by atomic mass is 10.0. The summed E-state index contributed by atoms with van der Waals surface area (Å²) >= 11 is 0. The van der Waals surface area contributed by atoms with Gasteiger partial charge in [0.2, 0.25) is 5.91 Å². The van der Waals surface area contributed by atoms with Crippen LogP contribution in [0, 0.1) is 5.92 Å². The van der Waals surface area contributed by atoms with E-state index >= 15 is 0 Å². The number of ether oxygens (including phenoxy) is 2. The van der Waals surface area contributed by atoms with Gasteiger partial charge in [-0.3, -0.25) is 4.79 Å². The Bertz CT molecular complexity index is 403. The summed E-state index contributed by atoms with van der Waals surface area (Å²) in [5.41, 5.74) is -0.693. The molecule has 0 aromatic heterocycles. The number of carbonyl (C=O) groups is 3. The zero-order valence-electron chi connectivity index (χ0n) is 13.9. The largest absolute Gasteiger partial charge is 0.467 e. The highest BCUT2D eigenvalue weighted by molar-refractivity contribution is 5.89. The van der Waals surface area contributed by atoms with E-state index in [-0.39, 0.29) is 5.92 Å². The second-order valence-corrected chi connectivity index (χ2v) is 6.13. The predicted octanol–water partition coefficient (Wildman–Crippen LogP) is 0.186. The minimum atomic E-state index is -1.18. The Morgan fingerprint density at radius 2 is 1.68 bits per heavy atom. The molecule has 0 aliphatic heterocycles. The number of hydrogen-bond donors (Lipinski definition) is 3. The van der Waals surface area contributed by atoms with Crippen LogP contribution in [0.25, 0.3) is 0 Å². The van der Waals surface area contributed by atoms with E-state index < -0.39 is 42.3 Å². The first-order chi connectivity index (χ1) is 10.0. The minimum Gasteiger partial charge on any atom is -0.467 e. The van der Waals surface area contributed by atoms with Crippen LogP contribution in [-0.4, -0.2) is 54.5 Å². The van der Waals surface area contributed by atoms with E-state index in [0.29, 0.717) is 0 Å². The summed E-state index contributed by atoms with van der Waals surface area (Å²) < 4.78 is 9.56. The van der Waals surface area contributed by atoms with Crippen molar-refractivity contribution in [1.82, 2.24) is 10.6 Å². The average Bonchev–Trinajstić information content (AvgIpc) is 2.38. The molecule has 0 saturated carbocycles. The van der Waals surface area contributed by atoms with Crippen molar-refractivity contribution in [2.45, 2.75) is 52.3 Å². The van der Waals surface area contributed by atoms with Crippen molar-refractivity contribution in [2.75, 3.05) is 13.7 Å². The molecule has 8 heteroatoms. The predicted molar refractivity (Wildman–Crippen MR) is 79.0 cm³/mol. The van der Waals surface area contributed by atoms with Gasteiger partial charge in [0.25, 0.3) is 0 Å². The summed E-state index contributed by atoms with van der Waals surface area (Å²) in [5.74, 6) is -1.62. The Balaban J connectivity index is 4.84. The maximum absolute atomic E-state index is 12.2. The number of aliphatic hydroxyl groups excluding tert-OH is 1. The lowest BCUT2D eigenvalue weighted by Gasteiger charge is -2.26. The second-order valence-electron chi connectivity index (χ2n) is 6.13. The number of carbonyl (C=O) groups excluding carboxylic acids is 3. The van der Waals surface area contributed by atoms with Gasteiger partial charge in [0.1, 0.15) is 11.6 Å². The molecule has 0 fully saturated rings. The molecule has 128 valence electrons. The second kappa shape index (κ2) is 8.57. The number of hydrogen-bond acceptors (Lipinski definition) is 6. The van der Waals surface area contributed by atoms with Gasteiger partial charge in [-0.25, -0.2) is 9.59 Å². The SMILES string of the molecule is COC(=O)[C@H](CO)NC(=O)[C@@H](NC(=O)OC(C)(C)C)C(C)C. The van der Waals surface area contributed by atoms with Gasteiger partial charge in [0, 0.05) is 0 Å². The van der Waals surface area contributed by atoms with E-state index in [1.165, 1.54) is 0 Å². The van der Waals surface area contributed by atoms with Gasteiger partial charge in [-0.2, -0.15) is 0 Å². The standard InChI is InChI=1S/C14H26N2O6/c1-8(2)10(16-13(20)22-14(3,4)5)11(18)15-9(7-17)12(19)21-6/h8-10,17H,7H2,1-6H3,(H,15,18)(H,16,20)/t9-,10-/m0/s1. The smallest absolute Gasteiger partial charge is 0.408 e. The highest BCUT2D eigenvalue weighted by Crippen LogP contribution is 2.09. The van der Waals surface area contributed by atoms with Crippen LogP contribution >= 0.6 is 0 Å². The molecule has 0 aromatic rings. The number of methoxy groups -OCH3 is 1. The topological polar surface area (TPSA) is 114 Å². The molecule has 0 saturated heterocycles. The molecule has 0 aliphatic rings. The molecule has 0 bridgehead atoms. The van der Waals surface area contributed by atoms with Gasteiger partial charge in [-0.15, -0.1) is 0 Å². The summed E-state index contributed by atoms with van der Waals surface area (Å²) in [6, 6.07) is -2.09. The first-order valence-electron chi connectivity index (χ1n) is 7.00. The fourth-order valence-electron chi connectivity index (χ4n) is 1.55. The number of aliphatic hydroxyl groups is 1. The van der Waals surface area contributed by atoms with Gasteiger partial charge < -0.3 is 25.2 Å². The molecular formula is C14H26N2O6. The average molecular weight is 318 g/mol. The van der Waals surface area contributed by atoms with E-state index in [4.69, 9.17) is 9.84 Å². The normalized spacial score (nSPS) is 14.0. The monoisotopic (exact) mass is 318 g/mol. The van der Waals surface area contributed by atoms with Crippen LogP contribution < -0.4 is 10.6 Å². The van der Waals surface area contributed by atoms with Crippen LogP contribution in [0.5, 0.6) is 0 Å². The molecule has 0 radical (unpaired) electrons. The first-order valence-corrected chi connectivity index (χ1v) is 7.00. The number of nitrogens with one attached hydrogen (secondary N) is 2. The summed E-state index contributed by atoms with van der Waals surface area (Å²) in [5, 5.41) is 13.9. The van der Waals surface area contributed by atoms with E-state index in [1.807, 2.05) is 0 Å². The van der Waals surface area contributed by atoms with Crippen molar-refractivity contribution in [3.8, 4) is 0 Å². The van der Waals surface area contributed by atoms with Crippen molar-refractivity contribution < 1.29 is 29.0 Å². The third-order valence-corrected chi connectivity index (χ3v) is 2.61. The summed E-state index contributed by atoms with van der Waals surface area (Å²) in [6.07, 6.45) is -0.736. The van der Waals surface area contributed by atoms with Gasteiger partial charge >= 0.3 is 12.1 Å². The van der Waals surface area contributed by atoms with Crippen LogP contribution in [0.1, 0.15) is 34.6 Å². The molecule has 0 heterocycles. The molecule has 0 unspecified atom stereocenters. The zero-order valence-corrected chi connectivity index (χ0v) is 13.9. The van der Waals surface area contributed by atoms with Crippen molar-refractivity contribution in [1.29, 1.82) is 0 Å². The lowest BCUT2D eigenvalue weighted by Crippen LogP contribution is -2.55. The minimum absolute atomic E-state index is 0.246. The van der Waals surface area contributed by atoms with E-state index in [0.717, 1.165) is 7.11 Å². The Morgan fingerprint density at radius 1 is 1.14 bits per heavy atom. The lowest BCUT2D eigenvalue weighted by molar-refractivity contribution is -0.146. The summed E-state index contributed by atoms with van der Waals surface area (Å²) in [6.45, 7) is 7.97. The van der Waals surface area contributed by atoms with E-state index in [9.17, 15) is 14.4 Å². The number of rotatable bonds is 6. The van der Waals surface area contributed by atoms with Gasteiger partial charge in [-0.05, 0) is 26.7 Å². The van der Waals surface area contributed by atoms with Crippen molar-refractivity contribution in [3.63, 3.8) is 0 Å². The van der Waals surface area contributed by atoms with Gasteiger partial charge in [-0.1, -0.05) is 13.8 Å². The molecule has 0 aliphatic carbocycles. The fraction of sp³-hybridized carbons (Fsp3) is 0.786. The molecule has 22 heavy (non-hydrogen) atoms. The Hall–Kier alpha value is -1.83. The number of amides is 2. The quantitative estimate of drug-likeness (QED) is 0.602. The molecule has 0 spiro atoms. The maximum Gasteiger partial charge on any atom is 0.408 e. The number of esters is 1. The summed E-state index contributed by atoms with van der Waals surface area (Å²) in [4.78, 5) is 35.3. The van der Waals surface area contributed by atoms with Crippen LogP contribution in [0.4, 0.5) is 4.79 Å². The molecule has 2 amide bonds. The molecule has 2 atom stereocenters. The van der Waals surface area contributed by atoms with Crippen molar-refractivity contribution in [3.05, 3.63) is 0 Å². The van der Waals surface area contributed by atoms with Gasteiger partial charge in [0.05, 0.1) is 13.7 Å². The first kappa shape index (κ1) is 20.2. The molecule has 3 N–H and O–H groups in total. The van der Waals surface area contributed by atoms with E-state index in [2.05, 4.69) is 15.4 Å². The maximum atomic E-state index is 12.2. The Labute approximate surface area is 130 Å². The van der Waals surface area contributed by atoms with Crippen LogP contribution in [0.3, 0.4) is 0 Å². The van der Waals surface area contributed by atoms with Gasteiger partial charge in [0.15, 0.2) is 6.04 Å². The van der Waals surface area contributed by atoms with E-state index in [1.54, 1.807) is 34.6 Å². The number of alkyl carbamates (subject to hydrolysis) is 1. The third-order valence-electron chi connectivity index (χ3n) is 2.61. The Morgan fingerprint density at radius 3 is 2.05 bits per heavy atom.